The van der Waals surface area contributed by atoms with Crippen molar-refractivity contribution in [2.45, 2.75) is 20.0 Å². The van der Waals surface area contributed by atoms with Crippen molar-refractivity contribution in [3.8, 4) is 17.2 Å². The van der Waals surface area contributed by atoms with Gasteiger partial charge < -0.3 is 24.3 Å². The molecule has 1 aliphatic rings. The summed E-state index contributed by atoms with van der Waals surface area (Å²) in [6.45, 7) is 3.25. The smallest absolute Gasteiger partial charge is 0.344 e. The largest absolute Gasteiger partial charge is 0.482 e. The molecule has 0 aliphatic carbocycles. The lowest BCUT2D eigenvalue weighted by atomic mass is 10.2. The number of anilines is 1. The van der Waals surface area contributed by atoms with E-state index in [1.807, 2.05) is 25.1 Å². The van der Waals surface area contributed by atoms with Gasteiger partial charge in [0, 0.05) is 11.8 Å². The average Bonchev–Trinajstić information content (AvgIpc) is 3.08. The summed E-state index contributed by atoms with van der Waals surface area (Å²) in [6, 6.07) is 12.4. The van der Waals surface area contributed by atoms with Gasteiger partial charge in [0.1, 0.15) is 5.75 Å². The number of aryl methyl sites for hydroxylation is 1. The number of fused-ring (bicyclic) bond motifs is 1. The van der Waals surface area contributed by atoms with E-state index in [2.05, 4.69) is 5.32 Å². The van der Waals surface area contributed by atoms with Gasteiger partial charge in [-0.3, -0.25) is 4.79 Å². The van der Waals surface area contributed by atoms with Gasteiger partial charge in [-0.05, 0) is 37.6 Å². The van der Waals surface area contributed by atoms with Crippen LogP contribution in [0.4, 0.5) is 5.69 Å². The molecule has 0 radical (unpaired) electrons. The van der Waals surface area contributed by atoms with Crippen LogP contribution in [0.5, 0.6) is 17.2 Å². The Balaban J connectivity index is 1.49. The van der Waals surface area contributed by atoms with E-state index in [4.69, 9.17) is 18.9 Å². The first-order chi connectivity index (χ1) is 12.5. The molecule has 7 nitrogen and oxygen atoms in total. The molecular formula is C19H19NO6. The topological polar surface area (TPSA) is 83.1 Å². The number of nitrogens with one attached hydrogen (secondary N) is 1. The maximum Gasteiger partial charge on any atom is 0.344 e. The Hall–Kier alpha value is -3.22. The maximum atomic E-state index is 12.2. The SMILES string of the molecule is Cc1ccccc1OCC(=O)O[C@@H](C)C(=O)Nc1ccc2c(c1)OCO2. The molecule has 1 aliphatic heterocycles. The van der Waals surface area contributed by atoms with Crippen LogP contribution in [0.25, 0.3) is 0 Å². The van der Waals surface area contributed by atoms with Crippen LogP contribution >= 0.6 is 0 Å². The fourth-order valence-corrected chi connectivity index (χ4v) is 2.36. The highest BCUT2D eigenvalue weighted by Gasteiger charge is 2.20. The van der Waals surface area contributed by atoms with E-state index in [1.165, 1.54) is 6.92 Å². The second-order valence-corrected chi connectivity index (χ2v) is 5.74. The zero-order chi connectivity index (χ0) is 18.5. The van der Waals surface area contributed by atoms with Crippen molar-refractivity contribution in [1.82, 2.24) is 0 Å². The molecule has 1 heterocycles. The lowest BCUT2D eigenvalue weighted by Crippen LogP contribution is -2.31. The molecule has 1 N–H and O–H groups in total. The maximum absolute atomic E-state index is 12.2. The van der Waals surface area contributed by atoms with E-state index in [-0.39, 0.29) is 13.4 Å². The Labute approximate surface area is 150 Å². The van der Waals surface area contributed by atoms with E-state index < -0.39 is 18.0 Å². The molecule has 2 aromatic carbocycles. The molecule has 1 atom stereocenters. The third-order valence-electron chi connectivity index (χ3n) is 3.76. The number of benzene rings is 2. The van der Waals surface area contributed by atoms with Gasteiger partial charge in [0.05, 0.1) is 0 Å². The summed E-state index contributed by atoms with van der Waals surface area (Å²) in [7, 11) is 0. The minimum atomic E-state index is -0.964. The fourth-order valence-electron chi connectivity index (χ4n) is 2.36. The van der Waals surface area contributed by atoms with E-state index in [9.17, 15) is 9.59 Å². The fraction of sp³-hybridized carbons (Fsp3) is 0.263. The second-order valence-electron chi connectivity index (χ2n) is 5.74. The van der Waals surface area contributed by atoms with Crippen LogP contribution in [-0.4, -0.2) is 31.4 Å². The first-order valence-electron chi connectivity index (χ1n) is 8.11. The van der Waals surface area contributed by atoms with Crippen molar-refractivity contribution in [1.29, 1.82) is 0 Å². The van der Waals surface area contributed by atoms with Gasteiger partial charge in [-0.15, -0.1) is 0 Å². The highest BCUT2D eigenvalue weighted by atomic mass is 16.7. The Bertz CT molecular complexity index is 819. The number of hydrogen-bond acceptors (Lipinski definition) is 6. The Morgan fingerprint density at radius 1 is 1.15 bits per heavy atom. The quantitative estimate of drug-likeness (QED) is 0.801. The highest BCUT2D eigenvalue weighted by Crippen LogP contribution is 2.34. The van der Waals surface area contributed by atoms with Crippen molar-refractivity contribution < 1.29 is 28.5 Å². The van der Waals surface area contributed by atoms with Crippen molar-refractivity contribution in [2.75, 3.05) is 18.7 Å². The summed E-state index contributed by atoms with van der Waals surface area (Å²) in [5, 5.41) is 2.67. The standard InChI is InChI=1S/C19H19NO6/c1-12-5-3-4-6-15(12)23-10-18(21)26-13(2)19(22)20-14-7-8-16-17(9-14)25-11-24-16/h3-9,13H,10-11H2,1-2H3,(H,20,22)/t13-/m0/s1. The van der Waals surface area contributed by atoms with Gasteiger partial charge in [0.2, 0.25) is 6.79 Å². The molecule has 3 rings (SSSR count). The van der Waals surface area contributed by atoms with E-state index >= 15 is 0 Å². The molecule has 1 amide bonds. The molecule has 26 heavy (non-hydrogen) atoms. The number of carbonyl (C=O) groups excluding carboxylic acids is 2. The third-order valence-corrected chi connectivity index (χ3v) is 3.76. The van der Waals surface area contributed by atoms with Crippen molar-refractivity contribution in [3.63, 3.8) is 0 Å². The summed E-state index contributed by atoms with van der Waals surface area (Å²) in [6.07, 6.45) is -0.964. The molecule has 0 fully saturated rings. The molecule has 0 saturated heterocycles. The first-order valence-corrected chi connectivity index (χ1v) is 8.11. The number of esters is 1. The van der Waals surface area contributed by atoms with Gasteiger partial charge in [0.15, 0.2) is 24.2 Å². The van der Waals surface area contributed by atoms with Crippen LogP contribution < -0.4 is 19.5 Å². The molecule has 136 valence electrons. The summed E-state index contributed by atoms with van der Waals surface area (Å²) in [5.74, 6) is 0.700. The number of amides is 1. The molecule has 0 saturated carbocycles. The summed E-state index contributed by atoms with van der Waals surface area (Å²) >= 11 is 0. The highest BCUT2D eigenvalue weighted by molar-refractivity contribution is 5.95. The molecule has 2 aromatic rings. The van der Waals surface area contributed by atoms with Crippen LogP contribution in [-0.2, 0) is 14.3 Å². The van der Waals surface area contributed by atoms with Gasteiger partial charge in [-0.2, -0.15) is 0 Å². The Kier molecular flexibility index (Phi) is 5.26. The van der Waals surface area contributed by atoms with Gasteiger partial charge in [-0.1, -0.05) is 18.2 Å². The van der Waals surface area contributed by atoms with E-state index in [1.54, 1.807) is 24.3 Å². The number of carbonyl (C=O) groups is 2. The molecule has 0 bridgehead atoms. The predicted molar refractivity (Wildman–Crippen MR) is 93.4 cm³/mol. The van der Waals surface area contributed by atoms with Gasteiger partial charge >= 0.3 is 5.97 Å². The average molecular weight is 357 g/mol. The minimum absolute atomic E-state index is 0.154. The zero-order valence-corrected chi connectivity index (χ0v) is 14.5. The number of ether oxygens (including phenoxy) is 4. The molecule has 7 heteroatoms. The summed E-state index contributed by atoms with van der Waals surface area (Å²) < 4.78 is 21.0. The summed E-state index contributed by atoms with van der Waals surface area (Å²) in [4.78, 5) is 24.1. The number of hydrogen-bond donors (Lipinski definition) is 1. The summed E-state index contributed by atoms with van der Waals surface area (Å²) in [5.41, 5.74) is 1.44. The number of rotatable bonds is 6. The molecule has 0 spiro atoms. The minimum Gasteiger partial charge on any atom is -0.482 e. The first kappa shape index (κ1) is 17.6. The second kappa shape index (κ2) is 7.77. The van der Waals surface area contributed by atoms with E-state index in [0.717, 1.165) is 5.56 Å². The van der Waals surface area contributed by atoms with Crippen molar-refractivity contribution >= 4 is 17.6 Å². The Morgan fingerprint density at radius 2 is 1.92 bits per heavy atom. The normalized spacial score (nSPS) is 13.0. The lowest BCUT2D eigenvalue weighted by Gasteiger charge is -2.14. The third kappa shape index (κ3) is 4.24. The van der Waals surface area contributed by atoms with Crippen LogP contribution in [0.1, 0.15) is 12.5 Å². The zero-order valence-electron chi connectivity index (χ0n) is 14.5. The van der Waals surface area contributed by atoms with Crippen molar-refractivity contribution in [3.05, 3.63) is 48.0 Å². The monoisotopic (exact) mass is 357 g/mol. The van der Waals surface area contributed by atoms with Gasteiger partial charge in [0.25, 0.3) is 5.91 Å². The molecular weight excluding hydrogens is 338 g/mol. The van der Waals surface area contributed by atoms with Gasteiger partial charge in [-0.25, -0.2) is 4.79 Å². The van der Waals surface area contributed by atoms with Crippen LogP contribution in [0.15, 0.2) is 42.5 Å². The van der Waals surface area contributed by atoms with E-state index in [0.29, 0.717) is 22.9 Å². The number of para-hydroxylation sites is 1. The molecule has 0 unspecified atom stereocenters. The van der Waals surface area contributed by atoms with Crippen LogP contribution in [0.3, 0.4) is 0 Å². The lowest BCUT2D eigenvalue weighted by molar-refractivity contribution is -0.155. The molecule has 0 aromatic heterocycles. The van der Waals surface area contributed by atoms with Crippen molar-refractivity contribution in [2.24, 2.45) is 0 Å². The Morgan fingerprint density at radius 3 is 2.73 bits per heavy atom. The van der Waals surface area contributed by atoms with Crippen LogP contribution in [0.2, 0.25) is 0 Å². The predicted octanol–water partition coefficient (Wildman–Crippen LogP) is 2.67. The van der Waals surface area contributed by atoms with Crippen LogP contribution in [0, 0.1) is 6.92 Å².